The first-order valence-corrected chi connectivity index (χ1v) is 17.8. The van der Waals surface area contributed by atoms with E-state index in [2.05, 4.69) is 162 Å². The van der Waals surface area contributed by atoms with E-state index in [1.807, 2.05) is 12.1 Å². The first-order valence-electron chi connectivity index (χ1n) is 17.8. The minimum Gasteiger partial charge on any atom is -0.456 e. The van der Waals surface area contributed by atoms with Crippen molar-refractivity contribution in [3.05, 3.63) is 193 Å². The summed E-state index contributed by atoms with van der Waals surface area (Å²) < 4.78 is 15.8. The van der Waals surface area contributed by atoms with Gasteiger partial charge in [0, 0.05) is 37.9 Å². The Hall–Kier alpha value is -6.62. The molecule has 4 nitrogen and oxygen atoms in total. The molecule has 2 unspecified atom stereocenters. The predicted octanol–water partition coefficient (Wildman–Crippen LogP) is 12.6. The van der Waals surface area contributed by atoms with E-state index in [0.29, 0.717) is 0 Å². The molecular weight excluding hydrogens is 637 g/mol. The Labute approximate surface area is 299 Å². The number of fused-ring (bicyclic) bond motifs is 9. The van der Waals surface area contributed by atoms with E-state index >= 15 is 0 Å². The van der Waals surface area contributed by atoms with Crippen molar-refractivity contribution in [2.24, 2.45) is 0 Å². The molecule has 11 rings (SSSR count). The van der Waals surface area contributed by atoms with Gasteiger partial charge in [0.1, 0.15) is 16.7 Å². The summed E-state index contributed by atoms with van der Waals surface area (Å²) >= 11 is 0. The second-order valence-corrected chi connectivity index (χ2v) is 13.7. The summed E-state index contributed by atoms with van der Waals surface area (Å²) in [5.41, 5.74) is 12.3. The summed E-state index contributed by atoms with van der Waals surface area (Å²) in [7, 11) is 0. The van der Waals surface area contributed by atoms with Crippen LogP contribution in [0.1, 0.15) is 28.8 Å². The van der Waals surface area contributed by atoms with Crippen LogP contribution in [0, 0.1) is 0 Å². The molecule has 0 fully saturated rings. The molecule has 0 bridgehead atoms. The molecule has 2 atom stereocenters. The molecule has 1 N–H and O–H groups in total. The van der Waals surface area contributed by atoms with E-state index in [9.17, 15) is 0 Å². The van der Waals surface area contributed by atoms with Crippen LogP contribution < -0.4 is 5.32 Å². The van der Waals surface area contributed by atoms with E-state index in [4.69, 9.17) is 15.4 Å². The molecule has 4 heteroatoms. The fourth-order valence-corrected chi connectivity index (χ4v) is 8.59. The number of aromatic nitrogens is 1. The summed E-state index contributed by atoms with van der Waals surface area (Å²) in [6.07, 6.45) is 2.31. The van der Waals surface area contributed by atoms with Crippen molar-refractivity contribution in [2.45, 2.75) is 12.1 Å². The number of rotatable bonds is 4. The van der Waals surface area contributed by atoms with Crippen molar-refractivity contribution >= 4 is 71.3 Å². The van der Waals surface area contributed by atoms with Gasteiger partial charge in [-0.1, -0.05) is 140 Å². The minimum absolute atomic E-state index is 0.142. The molecule has 0 radical (unpaired) electrons. The smallest absolute Gasteiger partial charge is 0.159 e. The lowest BCUT2D eigenvalue weighted by molar-refractivity contribution is 0.538. The van der Waals surface area contributed by atoms with Crippen LogP contribution in [0.5, 0.6) is 0 Å². The lowest BCUT2D eigenvalue weighted by Crippen LogP contribution is -2.31. The Bertz CT molecular complexity index is 3030. The van der Waals surface area contributed by atoms with Gasteiger partial charge in [-0.2, -0.15) is 0 Å². The molecule has 1 aliphatic heterocycles. The first-order chi connectivity index (χ1) is 25.7. The summed E-state index contributed by atoms with van der Waals surface area (Å²) in [5.74, 6) is 0. The number of hydrogen-bond acceptors (Lipinski definition) is 3. The van der Waals surface area contributed by atoms with Crippen LogP contribution in [-0.4, -0.2) is 4.57 Å². The molecule has 0 amide bonds. The highest BCUT2D eigenvalue weighted by Crippen LogP contribution is 2.46. The highest BCUT2D eigenvalue weighted by atomic mass is 16.3. The summed E-state index contributed by atoms with van der Waals surface area (Å²) in [5, 5.41) is 10.9. The monoisotopic (exact) mass is 668 g/mol. The fraction of sp³-hybridized carbons (Fsp3) is 0.0417. The number of nitrogens with one attached hydrogen (secondary N) is 1. The number of para-hydroxylation sites is 5. The summed E-state index contributed by atoms with van der Waals surface area (Å²) in [6, 6.07) is 55.1. The van der Waals surface area contributed by atoms with Crippen LogP contribution in [-0.2, 0) is 0 Å². The van der Waals surface area contributed by atoms with Crippen molar-refractivity contribution in [2.75, 3.05) is 0 Å². The van der Waals surface area contributed by atoms with Crippen LogP contribution in [0.2, 0.25) is 0 Å². The zero-order valence-corrected chi connectivity index (χ0v) is 28.2. The normalized spacial score (nSPS) is 16.5. The Morgan fingerprint density at radius 1 is 0.500 bits per heavy atom. The molecule has 3 aromatic heterocycles. The van der Waals surface area contributed by atoms with E-state index in [1.54, 1.807) is 0 Å². The highest BCUT2D eigenvalue weighted by molar-refractivity contribution is 6.13. The topological polar surface area (TPSA) is 43.2 Å². The van der Waals surface area contributed by atoms with E-state index in [0.717, 1.165) is 88.4 Å². The maximum Gasteiger partial charge on any atom is 0.159 e. The Balaban J connectivity index is 1.13. The number of hydrogen-bond donors (Lipinski definition) is 1. The molecule has 1 aliphatic rings. The first kappa shape index (κ1) is 29.1. The Morgan fingerprint density at radius 2 is 1.10 bits per heavy atom. The molecule has 52 heavy (non-hydrogen) atoms. The predicted molar refractivity (Wildman–Crippen MR) is 214 cm³/mol. The molecule has 0 aliphatic carbocycles. The SMILES string of the molecule is C=C1C(c2ccccc2)=CC(c2cccc3c2oc2ccccc23)NC1c1cccc2oc3c(-n4c5ccccc5c5ccccc54)cccc3c12. The third kappa shape index (κ3) is 4.19. The van der Waals surface area contributed by atoms with Gasteiger partial charge in [-0.3, -0.25) is 5.32 Å². The quantitative estimate of drug-likeness (QED) is 0.203. The number of benzene rings is 7. The number of nitrogens with zero attached hydrogens (tertiary/aromatic N) is 1. The van der Waals surface area contributed by atoms with Crippen LogP contribution in [0.4, 0.5) is 0 Å². The molecule has 4 heterocycles. The third-order valence-corrected chi connectivity index (χ3v) is 10.9. The average molecular weight is 669 g/mol. The van der Waals surface area contributed by atoms with Crippen molar-refractivity contribution in [1.29, 1.82) is 0 Å². The van der Waals surface area contributed by atoms with Crippen LogP contribution in [0.15, 0.2) is 185 Å². The molecule has 10 aromatic rings. The zero-order valence-electron chi connectivity index (χ0n) is 28.2. The Kier molecular flexibility index (Phi) is 6.27. The van der Waals surface area contributed by atoms with Gasteiger partial charge in [-0.15, -0.1) is 0 Å². The minimum atomic E-state index is -0.203. The van der Waals surface area contributed by atoms with Crippen molar-refractivity contribution < 1.29 is 8.83 Å². The van der Waals surface area contributed by atoms with Crippen molar-refractivity contribution in [1.82, 2.24) is 9.88 Å². The largest absolute Gasteiger partial charge is 0.456 e. The van der Waals surface area contributed by atoms with E-state index < -0.39 is 0 Å². The molecule has 0 saturated carbocycles. The van der Waals surface area contributed by atoms with Crippen LogP contribution in [0.25, 0.3) is 76.9 Å². The molecule has 0 saturated heterocycles. The van der Waals surface area contributed by atoms with Gasteiger partial charge in [0.2, 0.25) is 0 Å². The van der Waals surface area contributed by atoms with Gasteiger partial charge in [0.15, 0.2) is 5.58 Å². The van der Waals surface area contributed by atoms with Crippen molar-refractivity contribution in [3.8, 4) is 5.69 Å². The van der Waals surface area contributed by atoms with Gasteiger partial charge in [0.25, 0.3) is 0 Å². The zero-order chi connectivity index (χ0) is 34.3. The van der Waals surface area contributed by atoms with Crippen LogP contribution in [0.3, 0.4) is 0 Å². The van der Waals surface area contributed by atoms with Crippen LogP contribution >= 0.6 is 0 Å². The maximum atomic E-state index is 6.88. The van der Waals surface area contributed by atoms with Crippen molar-refractivity contribution in [3.63, 3.8) is 0 Å². The summed E-state index contributed by atoms with van der Waals surface area (Å²) in [4.78, 5) is 0. The Morgan fingerprint density at radius 3 is 1.90 bits per heavy atom. The maximum absolute atomic E-state index is 6.88. The van der Waals surface area contributed by atoms with Gasteiger partial charge < -0.3 is 13.4 Å². The second-order valence-electron chi connectivity index (χ2n) is 13.7. The average Bonchev–Trinajstić information content (AvgIpc) is 3.88. The lowest BCUT2D eigenvalue weighted by Gasteiger charge is -2.33. The molecular formula is C48H32N2O2. The second kappa shape index (κ2) is 11.2. The molecule has 246 valence electrons. The highest BCUT2D eigenvalue weighted by Gasteiger charge is 2.32. The molecule has 0 spiro atoms. The van der Waals surface area contributed by atoms with Gasteiger partial charge in [-0.05, 0) is 52.6 Å². The van der Waals surface area contributed by atoms with Gasteiger partial charge in [-0.25, -0.2) is 0 Å². The van der Waals surface area contributed by atoms with E-state index in [1.165, 1.54) is 10.8 Å². The molecule has 7 aromatic carbocycles. The number of furan rings is 2. The standard InChI is InChI=1S/C48H32N2O2/c1-29-38(30-14-3-2-4-15-30)28-39(35-20-11-19-34-33-18-7-10-26-43(33)51-47(34)35)49-46(29)36-21-13-27-44-45(36)37-22-12-25-42(48(37)52-44)50-40-23-8-5-16-31(40)32-17-6-9-24-41(32)50/h2-28,39,46,49H,1H2. The lowest BCUT2D eigenvalue weighted by atomic mass is 9.82. The fourth-order valence-electron chi connectivity index (χ4n) is 8.59. The van der Waals surface area contributed by atoms with E-state index in [-0.39, 0.29) is 12.1 Å². The van der Waals surface area contributed by atoms with Gasteiger partial charge in [0.05, 0.1) is 28.8 Å². The summed E-state index contributed by atoms with van der Waals surface area (Å²) in [6.45, 7) is 4.76. The van der Waals surface area contributed by atoms with Gasteiger partial charge >= 0.3 is 0 Å². The third-order valence-electron chi connectivity index (χ3n) is 10.9.